The summed E-state index contributed by atoms with van der Waals surface area (Å²) in [6, 6.07) is 4.47. The molecule has 0 spiro atoms. The van der Waals surface area contributed by atoms with Gasteiger partial charge in [-0.2, -0.15) is 0 Å². The zero-order valence-corrected chi connectivity index (χ0v) is 14.5. The number of fused-ring (bicyclic) bond motifs is 2. The first kappa shape index (κ1) is 14.9. The van der Waals surface area contributed by atoms with Gasteiger partial charge in [0.15, 0.2) is 0 Å². The largest absolute Gasteiger partial charge is 0.370 e. The number of piperidine rings is 2. The van der Waals surface area contributed by atoms with Gasteiger partial charge in [0.05, 0.1) is 11.9 Å². The quantitative estimate of drug-likeness (QED) is 0.756. The first-order chi connectivity index (χ1) is 9.66. The normalized spacial score (nSPS) is 29.2. The molecular formula is C19H30N2. The van der Waals surface area contributed by atoms with Gasteiger partial charge >= 0.3 is 0 Å². The van der Waals surface area contributed by atoms with Gasteiger partial charge in [0, 0.05) is 24.2 Å². The van der Waals surface area contributed by atoms with Crippen LogP contribution in [-0.4, -0.2) is 18.1 Å². The van der Waals surface area contributed by atoms with E-state index in [1.165, 1.54) is 30.9 Å². The van der Waals surface area contributed by atoms with Gasteiger partial charge in [0.25, 0.3) is 0 Å². The van der Waals surface area contributed by atoms with Crippen molar-refractivity contribution in [3.8, 4) is 0 Å². The van der Waals surface area contributed by atoms with Crippen LogP contribution in [0.15, 0.2) is 18.3 Å². The molecule has 2 saturated heterocycles. The summed E-state index contributed by atoms with van der Waals surface area (Å²) in [5.41, 5.74) is 3.10. The lowest BCUT2D eigenvalue weighted by molar-refractivity contribution is -0.0333. The van der Waals surface area contributed by atoms with Gasteiger partial charge in [-0.15, -0.1) is 0 Å². The first-order valence-corrected chi connectivity index (χ1v) is 8.38. The Hall–Kier alpha value is -1.05. The van der Waals surface area contributed by atoms with E-state index in [2.05, 4.69) is 64.8 Å². The summed E-state index contributed by atoms with van der Waals surface area (Å²) in [5.74, 6) is 2.67. The second-order valence-corrected chi connectivity index (χ2v) is 9.20. The second kappa shape index (κ2) is 4.72. The standard InChI is InChI=1S/C19H30N2/c1-18(2,3)16-8-7-15(10-20-16)21-11-13-9-14(12-21)17(13)19(4,5)6/h7-8,10,13-14,17H,9,11-12H2,1-6H3. The molecule has 116 valence electrons. The molecule has 3 heterocycles. The lowest BCUT2D eigenvalue weighted by Gasteiger charge is -2.59. The maximum absolute atomic E-state index is 4.69. The summed E-state index contributed by atoms with van der Waals surface area (Å²) in [6.45, 7) is 16.3. The molecule has 0 aromatic carbocycles. The highest BCUT2D eigenvalue weighted by atomic mass is 15.2. The lowest BCUT2D eigenvalue weighted by Crippen LogP contribution is -2.59. The van der Waals surface area contributed by atoms with E-state index >= 15 is 0 Å². The van der Waals surface area contributed by atoms with Crippen molar-refractivity contribution in [2.75, 3.05) is 18.0 Å². The Morgan fingerprint density at radius 1 is 1.00 bits per heavy atom. The molecule has 2 nitrogen and oxygen atoms in total. The number of aromatic nitrogens is 1. The van der Waals surface area contributed by atoms with Crippen molar-refractivity contribution in [1.82, 2.24) is 4.98 Å². The maximum Gasteiger partial charge on any atom is 0.0553 e. The van der Waals surface area contributed by atoms with Crippen LogP contribution in [0.5, 0.6) is 0 Å². The Morgan fingerprint density at radius 3 is 2.05 bits per heavy atom. The van der Waals surface area contributed by atoms with Crippen LogP contribution in [0.3, 0.4) is 0 Å². The van der Waals surface area contributed by atoms with Crippen LogP contribution >= 0.6 is 0 Å². The molecule has 2 bridgehead atoms. The zero-order chi connectivity index (χ0) is 15.4. The summed E-state index contributed by atoms with van der Waals surface area (Å²) >= 11 is 0. The molecule has 21 heavy (non-hydrogen) atoms. The molecular weight excluding hydrogens is 256 g/mol. The highest BCUT2D eigenvalue weighted by Gasteiger charge is 2.51. The predicted octanol–water partition coefficient (Wildman–Crippen LogP) is 4.50. The molecule has 1 aliphatic carbocycles. The van der Waals surface area contributed by atoms with Crippen LogP contribution in [0.2, 0.25) is 0 Å². The minimum Gasteiger partial charge on any atom is -0.370 e. The molecule has 0 amide bonds. The fourth-order valence-electron chi connectivity index (χ4n) is 4.53. The van der Waals surface area contributed by atoms with E-state index in [-0.39, 0.29) is 5.41 Å². The molecule has 3 aliphatic rings. The predicted molar refractivity (Wildman–Crippen MR) is 89.7 cm³/mol. The number of hydrogen-bond donors (Lipinski definition) is 0. The van der Waals surface area contributed by atoms with E-state index in [1.807, 2.05) is 0 Å². The summed E-state index contributed by atoms with van der Waals surface area (Å²) in [5, 5.41) is 0. The van der Waals surface area contributed by atoms with Gasteiger partial charge in [-0.25, -0.2) is 0 Å². The monoisotopic (exact) mass is 286 g/mol. The van der Waals surface area contributed by atoms with E-state index in [9.17, 15) is 0 Å². The smallest absolute Gasteiger partial charge is 0.0553 e. The third-order valence-electron chi connectivity index (χ3n) is 5.41. The fourth-order valence-corrected chi connectivity index (χ4v) is 4.53. The van der Waals surface area contributed by atoms with Crippen molar-refractivity contribution in [3.05, 3.63) is 24.0 Å². The van der Waals surface area contributed by atoms with Crippen molar-refractivity contribution in [2.45, 2.75) is 53.4 Å². The van der Waals surface area contributed by atoms with Crippen LogP contribution in [-0.2, 0) is 5.41 Å². The molecule has 1 saturated carbocycles. The van der Waals surface area contributed by atoms with E-state index in [1.54, 1.807) is 0 Å². The summed E-state index contributed by atoms with van der Waals surface area (Å²) in [7, 11) is 0. The highest BCUT2D eigenvalue weighted by Crippen LogP contribution is 2.54. The van der Waals surface area contributed by atoms with Gasteiger partial charge < -0.3 is 4.90 Å². The van der Waals surface area contributed by atoms with E-state index in [0.717, 1.165) is 17.8 Å². The Bertz CT molecular complexity index is 492. The Morgan fingerprint density at radius 2 is 1.62 bits per heavy atom. The average Bonchev–Trinajstić information content (AvgIpc) is 2.36. The SMILES string of the molecule is CC(C)(C)c1ccc(N2CC3CC(C2)C3C(C)(C)C)cn1. The summed E-state index contributed by atoms with van der Waals surface area (Å²) < 4.78 is 0. The molecule has 0 radical (unpaired) electrons. The van der Waals surface area contributed by atoms with Gasteiger partial charge in [0.2, 0.25) is 0 Å². The van der Waals surface area contributed by atoms with E-state index in [4.69, 9.17) is 4.98 Å². The number of nitrogens with zero attached hydrogens (tertiary/aromatic N) is 2. The second-order valence-electron chi connectivity index (χ2n) is 9.20. The number of rotatable bonds is 1. The van der Waals surface area contributed by atoms with Crippen molar-refractivity contribution in [2.24, 2.45) is 23.2 Å². The average molecular weight is 286 g/mol. The van der Waals surface area contributed by atoms with Gasteiger partial charge in [-0.3, -0.25) is 4.98 Å². The van der Waals surface area contributed by atoms with Gasteiger partial charge in [-0.1, -0.05) is 41.5 Å². The molecule has 2 heteroatoms. The summed E-state index contributed by atoms with van der Waals surface area (Å²) in [4.78, 5) is 7.25. The zero-order valence-electron chi connectivity index (χ0n) is 14.5. The summed E-state index contributed by atoms with van der Waals surface area (Å²) in [6.07, 6.45) is 3.52. The molecule has 2 aliphatic heterocycles. The Balaban J connectivity index is 1.71. The van der Waals surface area contributed by atoms with Crippen LogP contribution in [0.25, 0.3) is 0 Å². The molecule has 1 aromatic rings. The number of hydrogen-bond acceptors (Lipinski definition) is 2. The third-order valence-corrected chi connectivity index (χ3v) is 5.41. The van der Waals surface area contributed by atoms with Crippen molar-refractivity contribution in [1.29, 1.82) is 0 Å². The fraction of sp³-hybridized carbons (Fsp3) is 0.737. The number of pyridine rings is 1. The topological polar surface area (TPSA) is 16.1 Å². The Labute approximate surface area is 130 Å². The van der Waals surface area contributed by atoms with Crippen LogP contribution in [0, 0.1) is 23.2 Å². The van der Waals surface area contributed by atoms with Crippen LogP contribution in [0.1, 0.15) is 53.7 Å². The lowest BCUT2D eigenvalue weighted by atomic mass is 9.53. The van der Waals surface area contributed by atoms with Crippen LogP contribution < -0.4 is 4.90 Å². The van der Waals surface area contributed by atoms with Crippen LogP contribution in [0.4, 0.5) is 5.69 Å². The molecule has 4 rings (SSSR count). The highest BCUT2D eigenvalue weighted by molar-refractivity contribution is 5.46. The minimum absolute atomic E-state index is 0.139. The van der Waals surface area contributed by atoms with Crippen molar-refractivity contribution < 1.29 is 0 Å². The molecule has 0 N–H and O–H groups in total. The molecule has 2 atom stereocenters. The van der Waals surface area contributed by atoms with Gasteiger partial charge in [0.1, 0.15) is 0 Å². The maximum atomic E-state index is 4.69. The molecule has 2 unspecified atom stereocenters. The molecule has 3 fully saturated rings. The number of anilines is 1. The van der Waals surface area contributed by atoms with Crippen molar-refractivity contribution in [3.63, 3.8) is 0 Å². The first-order valence-electron chi connectivity index (χ1n) is 8.38. The van der Waals surface area contributed by atoms with Gasteiger partial charge in [-0.05, 0) is 41.7 Å². The third kappa shape index (κ3) is 2.69. The minimum atomic E-state index is 0.139. The Kier molecular flexibility index (Phi) is 3.35. The van der Waals surface area contributed by atoms with E-state index in [0.29, 0.717) is 5.41 Å². The van der Waals surface area contributed by atoms with E-state index < -0.39 is 0 Å². The molecule has 1 aromatic heterocycles. The van der Waals surface area contributed by atoms with Crippen molar-refractivity contribution >= 4 is 5.69 Å².